The Hall–Kier alpha value is -4.27. The summed E-state index contributed by atoms with van der Waals surface area (Å²) < 4.78 is 11.7. The van der Waals surface area contributed by atoms with Gasteiger partial charge in [-0.25, -0.2) is 4.79 Å². The zero-order valence-corrected chi connectivity index (χ0v) is 21.0. The van der Waals surface area contributed by atoms with E-state index < -0.39 is 23.6 Å². The van der Waals surface area contributed by atoms with Crippen molar-refractivity contribution >= 4 is 17.7 Å². The normalized spacial score (nSPS) is 11.5. The number of methoxy groups -OCH3 is 1. The molecule has 1 heterocycles. The van der Waals surface area contributed by atoms with Crippen molar-refractivity contribution in [2.45, 2.75) is 33.2 Å². The van der Waals surface area contributed by atoms with Crippen molar-refractivity contribution in [3.8, 4) is 22.6 Å². The molecule has 0 unspecified atom stereocenters. The molecule has 1 atom stereocenters. The number of hydrogen-bond donors (Lipinski definition) is 3. The quantitative estimate of drug-likeness (QED) is 0.405. The van der Waals surface area contributed by atoms with Crippen LogP contribution in [0.5, 0.6) is 11.5 Å². The third-order valence-corrected chi connectivity index (χ3v) is 5.80. The van der Waals surface area contributed by atoms with Gasteiger partial charge in [-0.15, -0.1) is 0 Å². The number of carbonyl (C=O) groups excluding carboxylic acids is 2. The second-order valence-electron chi connectivity index (χ2n) is 8.42. The Kier molecular flexibility index (Phi) is 8.37. The molecule has 9 heteroatoms. The lowest BCUT2D eigenvalue weighted by Crippen LogP contribution is -2.36. The Morgan fingerprint density at radius 3 is 2.56 bits per heavy atom. The van der Waals surface area contributed by atoms with Crippen LogP contribution in [0, 0.1) is 13.8 Å². The van der Waals surface area contributed by atoms with E-state index >= 15 is 0 Å². The van der Waals surface area contributed by atoms with Gasteiger partial charge in [-0.3, -0.25) is 9.59 Å². The number of hydrogen-bond acceptors (Lipinski definition) is 6. The Morgan fingerprint density at radius 2 is 1.86 bits per heavy atom. The minimum atomic E-state index is -0.759. The van der Waals surface area contributed by atoms with Crippen LogP contribution in [0.25, 0.3) is 11.1 Å². The summed E-state index contributed by atoms with van der Waals surface area (Å²) in [6.45, 7) is 5.51. The Morgan fingerprint density at radius 1 is 1.11 bits per heavy atom. The summed E-state index contributed by atoms with van der Waals surface area (Å²) >= 11 is 0. The highest BCUT2D eigenvalue weighted by atomic mass is 16.5. The van der Waals surface area contributed by atoms with E-state index in [1.165, 1.54) is 17.8 Å². The molecular weight excluding hydrogens is 462 g/mol. The van der Waals surface area contributed by atoms with Crippen LogP contribution in [0.2, 0.25) is 0 Å². The van der Waals surface area contributed by atoms with Crippen molar-refractivity contribution in [2.75, 3.05) is 19.0 Å². The van der Waals surface area contributed by atoms with Crippen molar-refractivity contribution < 1.29 is 24.2 Å². The van der Waals surface area contributed by atoms with Gasteiger partial charge in [-0.2, -0.15) is 0 Å². The lowest BCUT2D eigenvalue weighted by atomic mass is 9.95. The maximum atomic E-state index is 12.9. The van der Waals surface area contributed by atoms with Crippen molar-refractivity contribution in [2.24, 2.45) is 7.05 Å². The summed E-state index contributed by atoms with van der Waals surface area (Å²) in [5.41, 5.74) is 3.15. The van der Waals surface area contributed by atoms with Crippen molar-refractivity contribution in [3.05, 3.63) is 75.7 Å². The molecule has 36 heavy (non-hydrogen) atoms. The molecule has 3 rings (SSSR count). The summed E-state index contributed by atoms with van der Waals surface area (Å²) in [7, 11) is 3.12. The van der Waals surface area contributed by atoms with Crippen LogP contribution in [0.3, 0.4) is 0 Å². The molecule has 0 radical (unpaired) electrons. The summed E-state index contributed by atoms with van der Waals surface area (Å²) in [4.78, 5) is 37.7. The molecule has 0 aliphatic carbocycles. The molecule has 3 N–H and O–H groups in total. The van der Waals surface area contributed by atoms with Gasteiger partial charge in [0.05, 0.1) is 26.2 Å². The summed E-state index contributed by atoms with van der Waals surface area (Å²) in [6.07, 6.45) is 1.34. The van der Waals surface area contributed by atoms with Gasteiger partial charge in [0.2, 0.25) is 0 Å². The van der Waals surface area contributed by atoms with E-state index in [1.54, 1.807) is 27.0 Å². The summed E-state index contributed by atoms with van der Waals surface area (Å²) in [5.74, 6) is -0.0908. The van der Waals surface area contributed by atoms with Crippen LogP contribution in [-0.2, 0) is 16.6 Å². The van der Waals surface area contributed by atoms with E-state index in [0.29, 0.717) is 16.9 Å². The average Bonchev–Trinajstić information content (AvgIpc) is 2.85. The fourth-order valence-corrected chi connectivity index (χ4v) is 3.91. The maximum Gasteiger partial charge on any atom is 0.319 e. The van der Waals surface area contributed by atoms with Crippen molar-refractivity contribution in [1.29, 1.82) is 0 Å². The fourth-order valence-electron chi connectivity index (χ4n) is 3.91. The number of benzene rings is 2. The van der Waals surface area contributed by atoms with Gasteiger partial charge in [0.25, 0.3) is 5.56 Å². The SMILES string of the molecule is CCOC(=O)C[C@H](NC(=O)Nc1c(O)c(C)cn(C)c1=O)c1cccc(-c2cc(OC)ccc2C)c1. The number of aromatic hydroxyl groups is 1. The molecule has 190 valence electrons. The molecule has 0 aliphatic rings. The largest absolute Gasteiger partial charge is 0.505 e. The number of aromatic nitrogens is 1. The van der Waals surface area contributed by atoms with Gasteiger partial charge in [0, 0.05) is 18.8 Å². The van der Waals surface area contributed by atoms with Gasteiger partial charge in [0.1, 0.15) is 11.5 Å². The number of aryl methyl sites for hydroxylation is 3. The maximum absolute atomic E-state index is 12.9. The number of carbonyl (C=O) groups is 2. The number of esters is 1. The number of anilines is 1. The van der Waals surface area contributed by atoms with Gasteiger partial charge < -0.3 is 29.8 Å². The highest BCUT2D eigenvalue weighted by molar-refractivity contribution is 5.91. The van der Waals surface area contributed by atoms with Crippen LogP contribution in [0.15, 0.2) is 53.5 Å². The number of amides is 2. The number of pyridine rings is 1. The molecule has 0 spiro atoms. The van der Waals surface area contributed by atoms with E-state index in [0.717, 1.165) is 16.7 Å². The first-order valence-electron chi connectivity index (χ1n) is 11.5. The molecule has 0 fully saturated rings. The Balaban J connectivity index is 1.94. The highest BCUT2D eigenvalue weighted by Gasteiger charge is 2.22. The number of rotatable bonds is 8. The predicted octanol–water partition coefficient (Wildman–Crippen LogP) is 4.20. The fraction of sp³-hybridized carbons (Fsp3) is 0.296. The number of urea groups is 1. The summed E-state index contributed by atoms with van der Waals surface area (Å²) in [5, 5.41) is 15.5. The van der Waals surface area contributed by atoms with Crippen molar-refractivity contribution in [3.63, 3.8) is 0 Å². The predicted molar refractivity (Wildman–Crippen MR) is 137 cm³/mol. The first-order chi connectivity index (χ1) is 17.1. The van der Waals surface area contributed by atoms with Gasteiger partial charge in [0.15, 0.2) is 5.69 Å². The Bertz CT molecular complexity index is 1330. The third-order valence-electron chi connectivity index (χ3n) is 5.80. The van der Waals surface area contributed by atoms with Gasteiger partial charge in [-0.1, -0.05) is 24.3 Å². The molecule has 9 nitrogen and oxygen atoms in total. The first kappa shape index (κ1) is 26.3. The zero-order chi connectivity index (χ0) is 26.4. The molecule has 3 aromatic rings. The highest BCUT2D eigenvalue weighted by Crippen LogP contribution is 2.30. The minimum absolute atomic E-state index is 0.125. The van der Waals surface area contributed by atoms with Crippen LogP contribution in [-0.4, -0.2) is 35.4 Å². The molecule has 0 saturated heterocycles. The Labute approximate surface area is 209 Å². The molecular formula is C27H31N3O6. The van der Waals surface area contributed by atoms with Crippen molar-refractivity contribution in [1.82, 2.24) is 9.88 Å². The molecule has 0 bridgehead atoms. The van der Waals surface area contributed by atoms with Crippen LogP contribution in [0.1, 0.15) is 36.1 Å². The van der Waals surface area contributed by atoms with E-state index in [-0.39, 0.29) is 24.5 Å². The number of nitrogens with one attached hydrogen (secondary N) is 2. The second kappa shape index (κ2) is 11.4. The van der Waals surface area contributed by atoms with E-state index in [1.807, 2.05) is 43.3 Å². The number of nitrogens with zero attached hydrogens (tertiary/aromatic N) is 1. The second-order valence-corrected chi connectivity index (χ2v) is 8.42. The molecule has 0 saturated carbocycles. The lowest BCUT2D eigenvalue weighted by Gasteiger charge is -2.20. The molecule has 1 aromatic heterocycles. The van der Waals surface area contributed by atoms with Gasteiger partial charge >= 0.3 is 12.0 Å². The standard InChI is InChI=1S/C27H31N3O6/c1-6-36-23(31)14-22(28-27(34)29-24-25(32)17(3)15-30(4)26(24)33)19-9-7-8-18(12-19)21-13-20(35-5)11-10-16(21)2/h7-13,15,22,32H,6,14H2,1-5H3,(H2,28,29,34)/t22-/m0/s1. The van der Waals surface area contributed by atoms with Crippen LogP contribution < -0.4 is 20.9 Å². The third kappa shape index (κ3) is 6.04. The molecule has 2 aromatic carbocycles. The van der Waals surface area contributed by atoms with Gasteiger partial charge in [-0.05, 0) is 61.2 Å². The first-order valence-corrected chi connectivity index (χ1v) is 11.5. The minimum Gasteiger partial charge on any atom is -0.505 e. The summed E-state index contributed by atoms with van der Waals surface area (Å²) in [6, 6.07) is 11.7. The van der Waals surface area contributed by atoms with E-state index in [4.69, 9.17) is 9.47 Å². The van der Waals surface area contributed by atoms with E-state index in [2.05, 4.69) is 10.6 Å². The van der Waals surface area contributed by atoms with Crippen LogP contribution >= 0.6 is 0 Å². The monoisotopic (exact) mass is 493 g/mol. The van der Waals surface area contributed by atoms with E-state index in [9.17, 15) is 19.5 Å². The molecule has 2 amide bonds. The average molecular weight is 494 g/mol. The number of ether oxygens (including phenoxy) is 2. The molecule has 0 aliphatic heterocycles. The zero-order valence-electron chi connectivity index (χ0n) is 21.0. The lowest BCUT2D eigenvalue weighted by molar-refractivity contribution is -0.143. The topological polar surface area (TPSA) is 119 Å². The van der Waals surface area contributed by atoms with Crippen LogP contribution in [0.4, 0.5) is 10.5 Å². The smallest absolute Gasteiger partial charge is 0.319 e.